The zero-order valence-electron chi connectivity index (χ0n) is 9.18. The van der Waals surface area contributed by atoms with Gasteiger partial charge in [0.05, 0.1) is 0 Å². The molecule has 0 spiro atoms. The van der Waals surface area contributed by atoms with E-state index in [0.29, 0.717) is 0 Å². The SMILES string of the molecule is CCCCOCCCCOCCC. The second kappa shape index (κ2) is 11.9. The van der Waals surface area contributed by atoms with Gasteiger partial charge in [0.15, 0.2) is 0 Å². The van der Waals surface area contributed by atoms with Crippen molar-refractivity contribution in [1.82, 2.24) is 0 Å². The predicted octanol–water partition coefficient (Wildman–Crippen LogP) is 3.01. The molecule has 2 heteroatoms. The molecule has 0 rings (SSSR count). The van der Waals surface area contributed by atoms with Gasteiger partial charge in [-0.3, -0.25) is 0 Å². The lowest BCUT2D eigenvalue weighted by molar-refractivity contribution is 0.102. The van der Waals surface area contributed by atoms with Crippen molar-refractivity contribution in [3.63, 3.8) is 0 Å². The molecular formula is C11H24O2. The summed E-state index contributed by atoms with van der Waals surface area (Å²) >= 11 is 0. The molecule has 0 aliphatic heterocycles. The van der Waals surface area contributed by atoms with Crippen molar-refractivity contribution >= 4 is 0 Å². The van der Waals surface area contributed by atoms with Crippen LogP contribution >= 0.6 is 0 Å². The Balaban J connectivity index is 2.76. The number of rotatable bonds is 10. The monoisotopic (exact) mass is 188 g/mol. The number of ether oxygens (including phenoxy) is 2. The lowest BCUT2D eigenvalue weighted by Gasteiger charge is -2.03. The Morgan fingerprint density at radius 1 is 0.615 bits per heavy atom. The van der Waals surface area contributed by atoms with Crippen molar-refractivity contribution in [2.45, 2.75) is 46.0 Å². The van der Waals surface area contributed by atoms with Crippen LogP contribution in [0.5, 0.6) is 0 Å². The first-order chi connectivity index (χ1) is 6.41. The van der Waals surface area contributed by atoms with Gasteiger partial charge in [-0.1, -0.05) is 20.3 Å². The maximum absolute atomic E-state index is 5.43. The molecule has 0 unspecified atom stereocenters. The highest BCUT2D eigenvalue weighted by atomic mass is 16.5. The summed E-state index contributed by atoms with van der Waals surface area (Å²) < 4.78 is 10.8. The van der Waals surface area contributed by atoms with Crippen LogP contribution in [0.15, 0.2) is 0 Å². The van der Waals surface area contributed by atoms with E-state index in [9.17, 15) is 0 Å². The molecule has 0 aromatic carbocycles. The summed E-state index contributed by atoms with van der Waals surface area (Å²) in [5.74, 6) is 0. The summed E-state index contributed by atoms with van der Waals surface area (Å²) in [5, 5.41) is 0. The van der Waals surface area contributed by atoms with Gasteiger partial charge in [-0.05, 0) is 25.7 Å². The summed E-state index contributed by atoms with van der Waals surface area (Å²) in [7, 11) is 0. The minimum atomic E-state index is 0.894. The van der Waals surface area contributed by atoms with E-state index in [2.05, 4.69) is 13.8 Å². The Labute approximate surface area is 82.6 Å². The maximum Gasteiger partial charge on any atom is 0.0466 e. The maximum atomic E-state index is 5.43. The van der Waals surface area contributed by atoms with Gasteiger partial charge in [0.25, 0.3) is 0 Å². The Hall–Kier alpha value is -0.0800. The molecule has 0 aromatic rings. The van der Waals surface area contributed by atoms with Crippen molar-refractivity contribution in [2.75, 3.05) is 26.4 Å². The average molecular weight is 188 g/mol. The quantitative estimate of drug-likeness (QED) is 0.491. The van der Waals surface area contributed by atoms with Crippen LogP contribution in [-0.2, 0) is 9.47 Å². The Morgan fingerprint density at radius 2 is 1.15 bits per heavy atom. The number of hydrogen-bond donors (Lipinski definition) is 0. The van der Waals surface area contributed by atoms with Gasteiger partial charge in [-0.15, -0.1) is 0 Å². The molecule has 0 fully saturated rings. The topological polar surface area (TPSA) is 18.5 Å². The van der Waals surface area contributed by atoms with Crippen LogP contribution in [-0.4, -0.2) is 26.4 Å². The predicted molar refractivity (Wildman–Crippen MR) is 56.1 cm³/mol. The van der Waals surface area contributed by atoms with E-state index in [1.807, 2.05) is 0 Å². The third kappa shape index (κ3) is 11.9. The molecule has 2 nitrogen and oxygen atoms in total. The first kappa shape index (κ1) is 12.9. The second-order valence-electron chi connectivity index (χ2n) is 3.29. The van der Waals surface area contributed by atoms with Crippen molar-refractivity contribution in [3.8, 4) is 0 Å². The van der Waals surface area contributed by atoms with Gasteiger partial charge in [-0.2, -0.15) is 0 Å². The largest absolute Gasteiger partial charge is 0.381 e. The first-order valence-corrected chi connectivity index (χ1v) is 5.57. The summed E-state index contributed by atoms with van der Waals surface area (Å²) in [4.78, 5) is 0. The third-order valence-corrected chi connectivity index (χ3v) is 1.82. The lowest BCUT2D eigenvalue weighted by atomic mass is 10.3. The standard InChI is InChI=1S/C11H24O2/c1-3-5-9-13-11-7-6-10-12-8-4-2/h3-11H2,1-2H3. The second-order valence-corrected chi connectivity index (χ2v) is 3.29. The minimum absolute atomic E-state index is 0.894. The van der Waals surface area contributed by atoms with Crippen LogP contribution in [0.4, 0.5) is 0 Å². The highest BCUT2D eigenvalue weighted by Crippen LogP contribution is 1.94. The van der Waals surface area contributed by atoms with Crippen LogP contribution in [0, 0.1) is 0 Å². The van der Waals surface area contributed by atoms with Crippen LogP contribution in [0.25, 0.3) is 0 Å². The Bertz CT molecular complexity index is 74.2. The zero-order chi connectivity index (χ0) is 9.78. The molecule has 0 aliphatic rings. The van der Waals surface area contributed by atoms with Gasteiger partial charge in [0.2, 0.25) is 0 Å². The molecule has 0 saturated heterocycles. The molecule has 13 heavy (non-hydrogen) atoms. The molecular weight excluding hydrogens is 164 g/mol. The average Bonchev–Trinajstić information content (AvgIpc) is 2.16. The molecule has 0 bridgehead atoms. The summed E-state index contributed by atoms with van der Waals surface area (Å²) in [6, 6.07) is 0. The highest BCUT2D eigenvalue weighted by molar-refractivity contribution is 4.39. The van der Waals surface area contributed by atoms with Gasteiger partial charge in [0.1, 0.15) is 0 Å². The molecule has 0 heterocycles. The van der Waals surface area contributed by atoms with Crippen LogP contribution in [0.1, 0.15) is 46.0 Å². The van der Waals surface area contributed by atoms with Gasteiger partial charge < -0.3 is 9.47 Å². The number of hydrogen-bond acceptors (Lipinski definition) is 2. The summed E-state index contributed by atoms with van der Waals surface area (Å²) in [6.45, 7) is 7.93. The molecule has 0 atom stereocenters. The molecule has 0 N–H and O–H groups in total. The van der Waals surface area contributed by atoms with E-state index >= 15 is 0 Å². The molecule has 0 aliphatic carbocycles. The van der Waals surface area contributed by atoms with E-state index in [0.717, 1.165) is 45.7 Å². The smallest absolute Gasteiger partial charge is 0.0466 e. The van der Waals surface area contributed by atoms with Crippen LogP contribution < -0.4 is 0 Å². The minimum Gasteiger partial charge on any atom is -0.381 e. The lowest BCUT2D eigenvalue weighted by Crippen LogP contribution is -2.00. The fourth-order valence-electron chi connectivity index (χ4n) is 1.00. The zero-order valence-corrected chi connectivity index (χ0v) is 9.18. The van der Waals surface area contributed by atoms with Gasteiger partial charge in [-0.25, -0.2) is 0 Å². The molecule has 0 aromatic heterocycles. The third-order valence-electron chi connectivity index (χ3n) is 1.82. The fraction of sp³-hybridized carbons (Fsp3) is 1.00. The Morgan fingerprint density at radius 3 is 1.69 bits per heavy atom. The highest BCUT2D eigenvalue weighted by Gasteiger charge is 1.90. The molecule has 0 saturated carbocycles. The summed E-state index contributed by atoms with van der Waals surface area (Å²) in [6.07, 6.45) is 5.79. The molecule has 80 valence electrons. The molecule has 0 radical (unpaired) electrons. The summed E-state index contributed by atoms with van der Waals surface area (Å²) in [5.41, 5.74) is 0. The normalized spacial score (nSPS) is 10.6. The van der Waals surface area contributed by atoms with E-state index < -0.39 is 0 Å². The van der Waals surface area contributed by atoms with E-state index in [4.69, 9.17) is 9.47 Å². The van der Waals surface area contributed by atoms with E-state index in [1.54, 1.807) is 0 Å². The van der Waals surface area contributed by atoms with Crippen molar-refractivity contribution in [3.05, 3.63) is 0 Å². The van der Waals surface area contributed by atoms with Crippen molar-refractivity contribution < 1.29 is 9.47 Å². The van der Waals surface area contributed by atoms with Gasteiger partial charge >= 0.3 is 0 Å². The van der Waals surface area contributed by atoms with E-state index in [-0.39, 0.29) is 0 Å². The van der Waals surface area contributed by atoms with Gasteiger partial charge in [0, 0.05) is 26.4 Å². The van der Waals surface area contributed by atoms with Crippen LogP contribution in [0.2, 0.25) is 0 Å². The first-order valence-electron chi connectivity index (χ1n) is 5.57. The van der Waals surface area contributed by atoms with E-state index in [1.165, 1.54) is 12.8 Å². The number of unbranched alkanes of at least 4 members (excludes halogenated alkanes) is 2. The van der Waals surface area contributed by atoms with Crippen molar-refractivity contribution in [1.29, 1.82) is 0 Å². The van der Waals surface area contributed by atoms with Crippen LogP contribution in [0.3, 0.4) is 0 Å². The van der Waals surface area contributed by atoms with Crippen molar-refractivity contribution in [2.24, 2.45) is 0 Å². The Kier molecular flexibility index (Phi) is 11.8. The molecule has 0 amide bonds. The fourth-order valence-corrected chi connectivity index (χ4v) is 1.00.